The fourth-order valence-corrected chi connectivity index (χ4v) is 2.92. The Morgan fingerprint density at radius 1 is 1.44 bits per heavy atom. The summed E-state index contributed by atoms with van der Waals surface area (Å²) >= 11 is 7.59. The van der Waals surface area contributed by atoms with Crippen molar-refractivity contribution in [2.45, 2.75) is 26.8 Å². The summed E-state index contributed by atoms with van der Waals surface area (Å²) in [5, 5.41) is 1.43. The monoisotopic (exact) mass is 282 g/mol. The standard InChI is InChI=1S/C13H15ClN2OS/c1-8(2)15-13-16(12(17)7-18-13)11-6-4-5-10(14)9(11)3/h4-6,8H,7H2,1-3H3/b15-13-. The van der Waals surface area contributed by atoms with E-state index in [4.69, 9.17) is 11.6 Å². The molecule has 0 aliphatic carbocycles. The van der Waals surface area contributed by atoms with Crippen molar-refractivity contribution >= 4 is 40.1 Å². The van der Waals surface area contributed by atoms with E-state index >= 15 is 0 Å². The first-order valence-electron chi connectivity index (χ1n) is 5.79. The maximum atomic E-state index is 12.0. The first kappa shape index (κ1) is 13.4. The summed E-state index contributed by atoms with van der Waals surface area (Å²) in [6, 6.07) is 5.75. The van der Waals surface area contributed by atoms with Crippen LogP contribution in [0.5, 0.6) is 0 Å². The minimum absolute atomic E-state index is 0.0600. The Morgan fingerprint density at radius 3 is 2.83 bits per heavy atom. The number of carbonyl (C=O) groups excluding carboxylic acids is 1. The summed E-state index contributed by atoms with van der Waals surface area (Å²) in [7, 11) is 0. The summed E-state index contributed by atoms with van der Waals surface area (Å²) in [5.41, 5.74) is 1.74. The number of rotatable bonds is 2. The Kier molecular flexibility index (Phi) is 3.97. The molecule has 0 bridgehead atoms. The molecule has 18 heavy (non-hydrogen) atoms. The number of anilines is 1. The molecule has 96 valence electrons. The van der Waals surface area contributed by atoms with E-state index in [0.717, 1.165) is 16.4 Å². The molecule has 5 heteroatoms. The number of thioether (sulfide) groups is 1. The number of carbonyl (C=O) groups is 1. The highest BCUT2D eigenvalue weighted by Crippen LogP contribution is 2.32. The SMILES string of the molecule is Cc1c(Cl)cccc1N1C(=O)CS/C1=N\C(C)C. The number of halogens is 1. The molecule has 1 aliphatic rings. The Labute approximate surface area is 116 Å². The fraction of sp³-hybridized carbons (Fsp3) is 0.385. The van der Waals surface area contributed by atoms with Crippen LogP contribution in [0, 0.1) is 6.92 Å². The maximum absolute atomic E-state index is 12.0. The lowest BCUT2D eigenvalue weighted by Crippen LogP contribution is -2.30. The van der Waals surface area contributed by atoms with Crippen LogP contribution in [-0.4, -0.2) is 22.9 Å². The van der Waals surface area contributed by atoms with Gasteiger partial charge in [0.15, 0.2) is 5.17 Å². The summed E-state index contributed by atoms with van der Waals surface area (Å²) in [4.78, 5) is 18.2. The number of aliphatic imine (C=N–C) groups is 1. The molecule has 0 saturated carbocycles. The van der Waals surface area contributed by atoms with Crippen molar-refractivity contribution in [2.24, 2.45) is 4.99 Å². The van der Waals surface area contributed by atoms with Gasteiger partial charge in [0.25, 0.3) is 0 Å². The summed E-state index contributed by atoms with van der Waals surface area (Å²) < 4.78 is 0. The van der Waals surface area contributed by atoms with Gasteiger partial charge in [0.2, 0.25) is 5.91 Å². The first-order chi connectivity index (χ1) is 8.50. The van der Waals surface area contributed by atoms with Crippen LogP contribution in [0.3, 0.4) is 0 Å². The highest BCUT2D eigenvalue weighted by atomic mass is 35.5. The van der Waals surface area contributed by atoms with Gasteiger partial charge in [-0.3, -0.25) is 14.7 Å². The van der Waals surface area contributed by atoms with Crippen molar-refractivity contribution in [3.63, 3.8) is 0 Å². The van der Waals surface area contributed by atoms with Crippen molar-refractivity contribution in [1.29, 1.82) is 0 Å². The van der Waals surface area contributed by atoms with Crippen molar-refractivity contribution in [3.05, 3.63) is 28.8 Å². The zero-order valence-electron chi connectivity index (χ0n) is 10.6. The van der Waals surface area contributed by atoms with Crippen molar-refractivity contribution in [3.8, 4) is 0 Å². The Hall–Kier alpha value is -1.00. The molecular weight excluding hydrogens is 268 g/mol. The molecule has 1 amide bonds. The summed E-state index contributed by atoms with van der Waals surface area (Å²) in [6.45, 7) is 5.92. The Bertz CT molecular complexity index is 514. The molecule has 1 fully saturated rings. The quantitative estimate of drug-likeness (QED) is 0.832. The van der Waals surface area contributed by atoms with E-state index in [0.29, 0.717) is 10.8 Å². The highest BCUT2D eigenvalue weighted by Gasteiger charge is 2.30. The van der Waals surface area contributed by atoms with Crippen LogP contribution in [0.4, 0.5) is 5.69 Å². The molecule has 1 saturated heterocycles. The van der Waals surface area contributed by atoms with Crippen LogP contribution < -0.4 is 4.90 Å². The minimum Gasteiger partial charge on any atom is -0.273 e. The highest BCUT2D eigenvalue weighted by molar-refractivity contribution is 8.15. The molecule has 0 spiro atoms. The molecule has 1 aliphatic heterocycles. The van der Waals surface area contributed by atoms with Gasteiger partial charge >= 0.3 is 0 Å². The lowest BCUT2D eigenvalue weighted by Gasteiger charge is -2.19. The van der Waals surface area contributed by atoms with Crippen LogP contribution in [0.25, 0.3) is 0 Å². The molecule has 1 aromatic carbocycles. The normalized spacial score (nSPS) is 18.2. The second-order valence-electron chi connectivity index (χ2n) is 4.41. The van der Waals surface area contributed by atoms with Crippen molar-refractivity contribution in [1.82, 2.24) is 0 Å². The van der Waals surface area contributed by atoms with Crippen LogP contribution >= 0.6 is 23.4 Å². The van der Waals surface area contributed by atoms with Crippen LogP contribution in [0.2, 0.25) is 5.02 Å². The van der Waals surface area contributed by atoms with Gasteiger partial charge in [0, 0.05) is 11.1 Å². The van der Waals surface area contributed by atoms with E-state index in [1.54, 1.807) is 4.90 Å². The van der Waals surface area contributed by atoms with E-state index in [-0.39, 0.29) is 11.9 Å². The minimum atomic E-state index is 0.0600. The number of hydrogen-bond acceptors (Lipinski definition) is 3. The van der Waals surface area contributed by atoms with E-state index in [9.17, 15) is 4.79 Å². The zero-order chi connectivity index (χ0) is 13.3. The second kappa shape index (κ2) is 5.33. The number of amides is 1. The molecule has 3 nitrogen and oxygen atoms in total. The van der Waals surface area contributed by atoms with E-state index < -0.39 is 0 Å². The van der Waals surface area contributed by atoms with Gasteiger partial charge in [0.1, 0.15) is 0 Å². The molecule has 0 aromatic heterocycles. The van der Waals surface area contributed by atoms with Gasteiger partial charge in [-0.05, 0) is 38.5 Å². The predicted octanol–water partition coefficient (Wildman–Crippen LogP) is 3.49. The molecule has 1 aromatic rings. The number of benzene rings is 1. The Balaban J connectivity index is 2.47. The topological polar surface area (TPSA) is 32.7 Å². The van der Waals surface area contributed by atoms with E-state index in [2.05, 4.69) is 4.99 Å². The lowest BCUT2D eigenvalue weighted by atomic mass is 10.2. The number of nitrogens with zero attached hydrogens (tertiary/aromatic N) is 2. The fourth-order valence-electron chi connectivity index (χ4n) is 1.75. The molecule has 0 atom stereocenters. The average molecular weight is 283 g/mol. The van der Waals surface area contributed by atoms with E-state index in [1.165, 1.54) is 11.8 Å². The van der Waals surface area contributed by atoms with Gasteiger partial charge in [-0.2, -0.15) is 0 Å². The van der Waals surface area contributed by atoms with Crippen LogP contribution in [-0.2, 0) is 4.79 Å². The van der Waals surface area contributed by atoms with Crippen molar-refractivity contribution in [2.75, 3.05) is 10.7 Å². The van der Waals surface area contributed by atoms with Crippen LogP contribution in [0.15, 0.2) is 23.2 Å². The number of amidine groups is 1. The van der Waals surface area contributed by atoms with Gasteiger partial charge in [0.05, 0.1) is 11.4 Å². The summed E-state index contributed by atoms with van der Waals surface area (Å²) in [5.74, 6) is 0.502. The maximum Gasteiger partial charge on any atom is 0.243 e. The van der Waals surface area contributed by atoms with Gasteiger partial charge < -0.3 is 0 Å². The first-order valence-corrected chi connectivity index (χ1v) is 7.15. The third kappa shape index (κ3) is 2.54. The van der Waals surface area contributed by atoms with Crippen LogP contribution in [0.1, 0.15) is 19.4 Å². The Morgan fingerprint density at radius 2 is 2.17 bits per heavy atom. The summed E-state index contributed by atoms with van der Waals surface area (Å²) in [6.07, 6.45) is 0. The smallest absolute Gasteiger partial charge is 0.243 e. The lowest BCUT2D eigenvalue weighted by molar-refractivity contribution is -0.115. The third-order valence-electron chi connectivity index (χ3n) is 2.61. The third-order valence-corrected chi connectivity index (χ3v) is 3.96. The molecule has 0 N–H and O–H groups in total. The van der Waals surface area contributed by atoms with Gasteiger partial charge in [-0.15, -0.1) is 0 Å². The van der Waals surface area contributed by atoms with Gasteiger partial charge in [-0.1, -0.05) is 29.4 Å². The largest absolute Gasteiger partial charge is 0.273 e. The molecule has 0 radical (unpaired) electrons. The molecular formula is C13H15ClN2OS. The van der Waals surface area contributed by atoms with Gasteiger partial charge in [-0.25, -0.2) is 0 Å². The molecule has 1 heterocycles. The van der Waals surface area contributed by atoms with E-state index in [1.807, 2.05) is 39.0 Å². The second-order valence-corrected chi connectivity index (χ2v) is 5.76. The molecule has 2 rings (SSSR count). The zero-order valence-corrected chi connectivity index (χ0v) is 12.2. The average Bonchev–Trinajstić information content (AvgIpc) is 2.63. The predicted molar refractivity (Wildman–Crippen MR) is 78.7 cm³/mol. The molecule has 0 unspecified atom stereocenters. The number of hydrogen-bond donors (Lipinski definition) is 0. The van der Waals surface area contributed by atoms with Crippen molar-refractivity contribution < 1.29 is 4.79 Å².